The van der Waals surface area contributed by atoms with Gasteiger partial charge in [-0.25, -0.2) is 10.3 Å². The molecule has 3 rings (SSSR count). The van der Waals surface area contributed by atoms with E-state index in [-0.39, 0.29) is 0 Å². The molecular weight excluding hydrogens is 204 g/mol. The molecule has 0 amide bonds. The first kappa shape index (κ1) is 9.07. The second kappa shape index (κ2) is 3.76. The molecule has 1 aliphatic rings. The first-order chi connectivity index (χ1) is 7.43. The molecule has 0 bridgehead atoms. The molecule has 2 aromatic rings. The lowest BCUT2D eigenvalue weighted by molar-refractivity contribution is 0.630. The van der Waals surface area contributed by atoms with Gasteiger partial charge in [-0.2, -0.15) is 0 Å². The number of aromatic nitrogens is 1. The van der Waals surface area contributed by atoms with Crippen LogP contribution in [0.4, 0.5) is 0 Å². The van der Waals surface area contributed by atoms with Crippen LogP contribution in [0.15, 0.2) is 29.1 Å². The van der Waals surface area contributed by atoms with Crippen LogP contribution in [-0.4, -0.2) is 11.5 Å². The Hall–Kier alpha value is -1.19. The third-order valence-electron chi connectivity index (χ3n) is 2.76. The SMILES string of the molecule is c1nc(-c2ccc3c(c2)CC[N]C3)cs1. The maximum atomic E-state index is 4.40. The topological polar surface area (TPSA) is 27.0 Å². The zero-order valence-electron chi connectivity index (χ0n) is 8.31. The van der Waals surface area contributed by atoms with Gasteiger partial charge in [0.2, 0.25) is 0 Å². The number of fused-ring (bicyclic) bond motifs is 1. The fraction of sp³-hybridized carbons (Fsp3) is 0.250. The van der Waals surface area contributed by atoms with Crippen LogP contribution >= 0.6 is 11.3 Å². The lowest BCUT2D eigenvalue weighted by Gasteiger charge is -2.16. The Kier molecular flexibility index (Phi) is 2.27. The van der Waals surface area contributed by atoms with Gasteiger partial charge >= 0.3 is 0 Å². The molecule has 0 unspecified atom stereocenters. The van der Waals surface area contributed by atoms with Gasteiger partial charge in [-0.05, 0) is 23.6 Å². The van der Waals surface area contributed by atoms with Gasteiger partial charge in [-0.1, -0.05) is 12.1 Å². The minimum absolute atomic E-state index is 0.882. The Morgan fingerprint density at radius 2 is 2.20 bits per heavy atom. The summed E-state index contributed by atoms with van der Waals surface area (Å²) in [5, 5.41) is 6.49. The van der Waals surface area contributed by atoms with Crippen molar-refractivity contribution in [2.24, 2.45) is 0 Å². The fourth-order valence-electron chi connectivity index (χ4n) is 1.93. The summed E-state index contributed by atoms with van der Waals surface area (Å²) in [7, 11) is 0. The Morgan fingerprint density at radius 1 is 1.20 bits per heavy atom. The summed E-state index contributed by atoms with van der Waals surface area (Å²) >= 11 is 1.64. The van der Waals surface area contributed by atoms with E-state index >= 15 is 0 Å². The highest BCUT2D eigenvalue weighted by atomic mass is 32.1. The van der Waals surface area contributed by atoms with Crippen molar-refractivity contribution in [1.29, 1.82) is 0 Å². The summed E-state index contributed by atoms with van der Waals surface area (Å²) in [4.78, 5) is 4.33. The van der Waals surface area contributed by atoms with Crippen LogP contribution in [-0.2, 0) is 13.0 Å². The molecule has 0 fully saturated rings. The van der Waals surface area contributed by atoms with Gasteiger partial charge < -0.3 is 0 Å². The highest BCUT2D eigenvalue weighted by Crippen LogP contribution is 2.24. The van der Waals surface area contributed by atoms with Gasteiger partial charge in [0.25, 0.3) is 0 Å². The van der Waals surface area contributed by atoms with Crippen molar-refractivity contribution < 1.29 is 0 Å². The number of benzene rings is 1. The zero-order valence-corrected chi connectivity index (χ0v) is 9.13. The predicted octanol–water partition coefficient (Wildman–Crippen LogP) is 2.47. The maximum absolute atomic E-state index is 4.40. The summed E-state index contributed by atoms with van der Waals surface area (Å²) in [6.45, 7) is 1.85. The number of rotatable bonds is 1. The largest absolute Gasteiger partial charge is 0.245 e. The lowest BCUT2D eigenvalue weighted by atomic mass is 9.98. The summed E-state index contributed by atoms with van der Waals surface area (Å²) < 4.78 is 0. The Morgan fingerprint density at radius 3 is 3.07 bits per heavy atom. The van der Waals surface area contributed by atoms with E-state index in [0.717, 1.165) is 25.2 Å². The van der Waals surface area contributed by atoms with Crippen LogP contribution in [0.3, 0.4) is 0 Å². The molecule has 3 heteroatoms. The summed E-state index contributed by atoms with van der Waals surface area (Å²) in [5.41, 5.74) is 7.02. The zero-order chi connectivity index (χ0) is 10.1. The van der Waals surface area contributed by atoms with Gasteiger partial charge in [-0.3, -0.25) is 0 Å². The van der Waals surface area contributed by atoms with Crippen molar-refractivity contribution in [3.63, 3.8) is 0 Å². The third-order valence-corrected chi connectivity index (χ3v) is 3.34. The van der Waals surface area contributed by atoms with E-state index in [2.05, 4.69) is 33.9 Å². The Balaban J connectivity index is 2.04. The fourth-order valence-corrected chi connectivity index (χ4v) is 2.49. The Bertz CT molecular complexity index is 462. The normalized spacial score (nSPS) is 14.9. The standard InChI is InChI=1S/C12H11N2S/c1-2-11-6-13-4-3-9(11)5-10(1)12-7-15-8-14-12/h1-2,5,7-8H,3-4,6H2. The number of nitrogens with zero attached hydrogens (tertiary/aromatic N) is 2. The molecule has 2 heterocycles. The van der Waals surface area contributed by atoms with E-state index in [9.17, 15) is 0 Å². The molecule has 0 aliphatic carbocycles. The summed E-state index contributed by atoms with van der Waals surface area (Å²) in [5.74, 6) is 0. The quantitative estimate of drug-likeness (QED) is 0.718. The van der Waals surface area contributed by atoms with Crippen molar-refractivity contribution in [3.8, 4) is 11.3 Å². The van der Waals surface area contributed by atoms with E-state index in [1.807, 2.05) is 5.51 Å². The molecule has 1 aromatic carbocycles. The summed E-state index contributed by atoms with van der Waals surface area (Å²) in [6, 6.07) is 6.60. The van der Waals surface area contributed by atoms with Crippen LogP contribution in [0.25, 0.3) is 11.3 Å². The van der Waals surface area contributed by atoms with Gasteiger partial charge in [0.15, 0.2) is 0 Å². The molecule has 2 nitrogen and oxygen atoms in total. The minimum atomic E-state index is 0.882. The molecule has 1 aromatic heterocycles. The molecular formula is C12H11N2S. The van der Waals surface area contributed by atoms with E-state index in [4.69, 9.17) is 0 Å². The van der Waals surface area contributed by atoms with Crippen LogP contribution in [0, 0.1) is 0 Å². The molecule has 1 radical (unpaired) electrons. The third kappa shape index (κ3) is 1.68. The van der Waals surface area contributed by atoms with Crippen molar-refractivity contribution >= 4 is 11.3 Å². The van der Waals surface area contributed by atoms with Gasteiger partial charge in [0.1, 0.15) is 0 Å². The van der Waals surface area contributed by atoms with Gasteiger partial charge in [0, 0.05) is 24.0 Å². The van der Waals surface area contributed by atoms with Crippen LogP contribution in [0.2, 0.25) is 0 Å². The van der Waals surface area contributed by atoms with Crippen molar-refractivity contribution in [2.45, 2.75) is 13.0 Å². The monoisotopic (exact) mass is 215 g/mol. The van der Waals surface area contributed by atoms with Crippen molar-refractivity contribution in [3.05, 3.63) is 40.2 Å². The molecule has 0 atom stereocenters. The van der Waals surface area contributed by atoms with Crippen LogP contribution in [0.5, 0.6) is 0 Å². The van der Waals surface area contributed by atoms with E-state index in [1.54, 1.807) is 11.3 Å². The highest BCUT2D eigenvalue weighted by molar-refractivity contribution is 7.07. The first-order valence-corrected chi connectivity index (χ1v) is 6.01. The molecule has 15 heavy (non-hydrogen) atoms. The lowest BCUT2D eigenvalue weighted by Crippen LogP contribution is -2.17. The van der Waals surface area contributed by atoms with Crippen molar-refractivity contribution in [2.75, 3.05) is 6.54 Å². The second-order valence-electron chi connectivity index (χ2n) is 3.71. The minimum Gasteiger partial charge on any atom is -0.245 e. The average Bonchev–Trinajstić information content (AvgIpc) is 2.82. The maximum Gasteiger partial charge on any atom is 0.0811 e. The van der Waals surface area contributed by atoms with Crippen LogP contribution in [0.1, 0.15) is 11.1 Å². The predicted molar refractivity (Wildman–Crippen MR) is 62.0 cm³/mol. The number of hydrogen-bond donors (Lipinski definition) is 0. The molecule has 0 saturated carbocycles. The van der Waals surface area contributed by atoms with E-state index < -0.39 is 0 Å². The molecule has 75 valence electrons. The first-order valence-electron chi connectivity index (χ1n) is 5.07. The molecule has 1 aliphatic heterocycles. The highest BCUT2D eigenvalue weighted by Gasteiger charge is 2.10. The average molecular weight is 215 g/mol. The molecule has 0 saturated heterocycles. The van der Waals surface area contributed by atoms with E-state index in [1.165, 1.54) is 16.7 Å². The molecule has 0 spiro atoms. The van der Waals surface area contributed by atoms with Crippen molar-refractivity contribution in [1.82, 2.24) is 10.3 Å². The van der Waals surface area contributed by atoms with E-state index in [0.29, 0.717) is 0 Å². The Labute approximate surface area is 93.0 Å². The van der Waals surface area contributed by atoms with Gasteiger partial charge in [-0.15, -0.1) is 11.3 Å². The smallest absolute Gasteiger partial charge is 0.0811 e. The summed E-state index contributed by atoms with van der Waals surface area (Å²) in [6.07, 6.45) is 1.08. The second-order valence-corrected chi connectivity index (χ2v) is 4.43. The molecule has 0 N–H and O–H groups in total. The van der Waals surface area contributed by atoms with Crippen LogP contribution < -0.4 is 5.32 Å². The number of thiazole rings is 1. The van der Waals surface area contributed by atoms with Gasteiger partial charge in [0.05, 0.1) is 11.2 Å². The number of hydrogen-bond acceptors (Lipinski definition) is 2.